The zero-order chi connectivity index (χ0) is 13.1. The van der Waals surface area contributed by atoms with Gasteiger partial charge in [-0.05, 0) is 11.0 Å². The van der Waals surface area contributed by atoms with Crippen LogP contribution in [0.25, 0.3) is 0 Å². The summed E-state index contributed by atoms with van der Waals surface area (Å²) in [5, 5.41) is -0.424. The minimum Gasteiger partial charge on any atom is -0.211 e. The summed E-state index contributed by atoms with van der Waals surface area (Å²) in [6, 6.07) is 9.22. The van der Waals surface area contributed by atoms with Crippen LogP contribution < -0.4 is 4.72 Å². The van der Waals surface area contributed by atoms with Crippen molar-refractivity contribution in [1.82, 2.24) is 4.72 Å². The van der Waals surface area contributed by atoms with Gasteiger partial charge in [0.1, 0.15) is 5.21 Å². The molecule has 1 aromatic carbocycles. The summed E-state index contributed by atoms with van der Waals surface area (Å²) in [7, 11) is -3.43. The summed E-state index contributed by atoms with van der Waals surface area (Å²) >= 11 is 5.42. The lowest BCUT2D eigenvalue weighted by molar-refractivity contribution is 0.304. The van der Waals surface area contributed by atoms with Crippen molar-refractivity contribution >= 4 is 21.6 Å². The quantitative estimate of drug-likeness (QED) is 0.859. The topological polar surface area (TPSA) is 46.2 Å². The second-order valence-corrected chi connectivity index (χ2v) is 7.39. The van der Waals surface area contributed by atoms with E-state index in [9.17, 15) is 8.42 Å². The third-order valence-corrected chi connectivity index (χ3v) is 4.18. The summed E-state index contributed by atoms with van der Waals surface area (Å²) in [6.07, 6.45) is 0. The molecule has 0 fully saturated rings. The number of hydrogen-bond acceptors (Lipinski definition) is 2. The first-order chi connectivity index (χ1) is 7.76. The van der Waals surface area contributed by atoms with Crippen LogP contribution in [0.5, 0.6) is 0 Å². The molecular formula is C12H18ClNO2S. The Balaban J connectivity index is 3.07. The number of halogens is 1. The van der Waals surface area contributed by atoms with Crippen LogP contribution in [0.3, 0.4) is 0 Å². The number of rotatable bonds is 4. The van der Waals surface area contributed by atoms with Gasteiger partial charge in [0.05, 0.1) is 6.04 Å². The molecule has 0 saturated carbocycles. The monoisotopic (exact) mass is 275 g/mol. The summed E-state index contributed by atoms with van der Waals surface area (Å²) < 4.78 is 25.8. The molecule has 1 N–H and O–H groups in total. The highest BCUT2D eigenvalue weighted by molar-refractivity contribution is 7.90. The van der Waals surface area contributed by atoms with E-state index in [0.29, 0.717) is 0 Å². The Kier molecular flexibility index (Phi) is 4.58. The van der Waals surface area contributed by atoms with Crippen LogP contribution in [0.15, 0.2) is 30.3 Å². The second-order valence-electron chi connectivity index (χ2n) is 5.05. The van der Waals surface area contributed by atoms with E-state index in [-0.39, 0.29) is 11.5 Å². The predicted molar refractivity (Wildman–Crippen MR) is 71.4 cm³/mol. The molecule has 1 aromatic rings. The Morgan fingerprint density at radius 3 is 2.18 bits per heavy atom. The first-order valence-corrected chi connectivity index (χ1v) is 7.56. The normalized spacial score (nSPS) is 14.6. The van der Waals surface area contributed by atoms with Crippen LogP contribution in [0.2, 0.25) is 0 Å². The van der Waals surface area contributed by atoms with Gasteiger partial charge in [-0.25, -0.2) is 13.1 Å². The van der Waals surface area contributed by atoms with Crippen molar-refractivity contribution in [2.75, 3.05) is 5.21 Å². The second kappa shape index (κ2) is 5.38. The van der Waals surface area contributed by atoms with E-state index in [1.807, 2.05) is 51.1 Å². The van der Waals surface area contributed by atoms with Crippen LogP contribution in [0.1, 0.15) is 32.4 Å². The fourth-order valence-corrected chi connectivity index (χ4v) is 2.70. The molecule has 3 nitrogen and oxygen atoms in total. The van der Waals surface area contributed by atoms with E-state index in [0.717, 1.165) is 5.56 Å². The van der Waals surface area contributed by atoms with Gasteiger partial charge in [-0.15, -0.1) is 11.6 Å². The minimum absolute atomic E-state index is 0.222. The largest absolute Gasteiger partial charge is 0.226 e. The molecule has 0 spiro atoms. The molecule has 17 heavy (non-hydrogen) atoms. The summed E-state index contributed by atoms with van der Waals surface area (Å²) in [4.78, 5) is 0. The molecule has 0 heterocycles. The molecule has 0 aliphatic rings. The molecule has 0 radical (unpaired) electrons. The fraction of sp³-hybridized carbons (Fsp3) is 0.500. The molecule has 0 aliphatic heterocycles. The van der Waals surface area contributed by atoms with Crippen LogP contribution in [-0.4, -0.2) is 13.6 Å². The zero-order valence-electron chi connectivity index (χ0n) is 10.3. The summed E-state index contributed by atoms with van der Waals surface area (Å²) in [5.74, 6) is 0. The molecule has 5 heteroatoms. The number of benzene rings is 1. The van der Waals surface area contributed by atoms with E-state index in [4.69, 9.17) is 11.6 Å². The summed E-state index contributed by atoms with van der Waals surface area (Å²) in [6.45, 7) is 5.96. The highest BCUT2D eigenvalue weighted by Crippen LogP contribution is 2.33. The van der Waals surface area contributed by atoms with Gasteiger partial charge in [-0.1, -0.05) is 51.1 Å². The smallest absolute Gasteiger partial charge is 0.211 e. The summed E-state index contributed by atoms with van der Waals surface area (Å²) in [5.41, 5.74) is 0.717. The zero-order valence-corrected chi connectivity index (χ0v) is 11.8. The lowest BCUT2D eigenvalue weighted by Gasteiger charge is -2.31. The SMILES string of the molecule is CC(C)(C)C(NS(=O)(=O)CCl)c1ccccc1. The first kappa shape index (κ1) is 14.5. The van der Waals surface area contributed by atoms with Crippen molar-refractivity contribution in [2.24, 2.45) is 5.41 Å². The van der Waals surface area contributed by atoms with Crippen molar-refractivity contribution in [3.63, 3.8) is 0 Å². The van der Waals surface area contributed by atoms with Crippen LogP contribution in [-0.2, 0) is 10.0 Å². The van der Waals surface area contributed by atoms with Crippen molar-refractivity contribution in [3.8, 4) is 0 Å². The van der Waals surface area contributed by atoms with Crippen LogP contribution in [0, 0.1) is 5.41 Å². The minimum atomic E-state index is -3.43. The third kappa shape index (κ3) is 4.30. The van der Waals surface area contributed by atoms with Gasteiger partial charge in [0.25, 0.3) is 0 Å². The van der Waals surface area contributed by atoms with Gasteiger partial charge in [-0.3, -0.25) is 0 Å². The number of alkyl halides is 1. The van der Waals surface area contributed by atoms with Crippen LogP contribution >= 0.6 is 11.6 Å². The molecule has 1 rings (SSSR count). The van der Waals surface area contributed by atoms with Crippen molar-refractivity contribution in [1.29, 1.82) is 0 Å². The third-order valence-electron chi connectivity index (χ3n) is 2.44. The van der Waals surface area contributed by atoms with E-state index in [2.05, 4.69) is 4.72 Å². The Morgan fingerprint density at radius 2 is 1.76 bits per heavy atom. The van der Waals surface area contributed by atoms with Crippen molar-refractivity contribution < 1.29 is 8.42 Å². The molecule has 0 amide bonds. The highest BCUT2D eigenvalue weighted by atomic mass is 35.5. The standard InChI is InChI=1S/C12H18ClNO2S/c1-12(2,3)11(14-17(15,16)9-13)10-7-5-4-6-8-10/h4-8,11,14H,9H2,1-3H3. The van der Waals surface area contributed by atoms with Gasteiger partial charge in [0.15, 0.2) is 0 Å². The van der Waals surface area contributed by atoms with E-state index >= 15 is 0 Å². The number of nitrogens with one attached hydrogen (secondary N) is 1. The molecule has 0 aliphatic carbocycles. The Bertz CT molecular complexity index is 451. The van der Waals surface area contributed by atoms with Gasteiger partial charge in [-0.2, -0.15) is 0 Å². The first-order valence-electron chi connectivity index (χ1n) is 5.37. The highest BCUT2D eigenvalue weighted by Gasteiger charge is 2.29. The lowest BCUT2D eigenvalue weighted by atomic mass is 9.83. The van der Waals surface area contributed by atoms with E-state index in [1.165, 1.54) is 0 Å². The fourth-order valence-electron chi connectivity index (χ4n) is 1.60. The molecule has 1 unspecified atom stereocenters. The van der Waals surface area contributed by atoms with Gasteiger partial charge in [0, 0.05) is 0 Å². The molecular weight excluding hydrogens is 258 g/mol. The molecule has 96 valence electrons. The van der Waals surface area contributed by atoms with Gasteiger partial charge in [0.2, 0.25) is 10.0 Å². The van der Waals surface area contributed by atoms with Gasteiger partial charge >= 0.3 is 0 Å². The van der Waals surface area contributed by atoms with Gasteiger partial charge < -0.3 is 0 Å². The maximum atomic E-state index is 11.6. The van der Waals surface area contributed by atoms with Crippen molar-refractivity contribution in [3.05, 3.63) is 35.9 Å². The molecule has 0 aromatic heterocycles. The maximum Gasteiger partial charge on any atom is 0.226 e. The Morgan fingerprint density at radius 1 is 1.24 bits per heavy atom. The maximum absolute atomic E-state index is 11.6. The van der Waals surface area contributed by atoms with E-state index in [1.54, 1.807) is 0 Å². The predicted octanol–water partition coefficient (Wildman–Crippen LogP) is 2.89. The molecule has 0 saturated heterocycles. The molecule has 0 bridgehead atoms. The van der Waals surface area contributed by atoms with Crippen LogP contribution in [0.4, 0.5) is 0 Å². The molecule has 1 atom stereocenters. The van der Waals surface area contributed by atoms with Crippen molar-refractivity contribution in [2.45, 2.75) is 26.8 Å². The average Bonchev–Trinajstić information content (AvgIpc) is 2.26. The number of sulfonamides is 1. The number of hydrogen-bond donors (Lipinski definition) is 1. The Hall–Kier alpha value is -0.580. The average molecular weight is 276 g/mol. The van der Waals surface area contributed by atoms with E-state index < -0.39 is 15.2 Å². The lowest BCUT2D eigenvalue weighted by Crippen LogP contribution is -2.37. The Labute approximate surface area is 108 Å².